The molecule has 0 saturated carbocycles. The van der Waals surface area contributed by atoms with Gasteiger partial charge in [-0.2, -0.15) is 5.26 Å². The summed E-state index contributed by atoms with van der Waals surface area (Å²) < 4.78 is 34.7. The topological polar surface area (TPSA) is 109 Å². The predicted molar refractivity (Wildman–Crippen MR) is 112 cm³/mol. The molecule has 1 heterocycles. The number of nitrogens with one attached hydrogen (secondary N) is 1. The number of carbonyl (C=O) groups excluding carboxylic acids is 1. The number of nitriles is 1. The summed E-state index contributed by atoms with van der Waals surface area (Å²) in [7, 11) is -0.789. The molecule has 0 bridgehead atoms. The fourth-order valence-electron chi connectivity index (χ4n) is 3.41. The highest BCUT2D eigenvalue weighted by Crippen LogP contribution is 2.37. The van der Waals surface area contributed by atoms with Crippen molar-refractivity contribution < 1.29 is 22.7 Å². The SMILES string of the molecule is COC(=O)c1ccc(OC)cc1C(C)(C)c1cc2ccc(S(=O)(=O)CC#N)cc2[nH]1. The minimum atomic E-state index is -3.67. The number of benzene rings is 2. The highest BCUT2D eigenvalue weighted by molar-refractivity contribution is 7.91. The van der Waals surface area contributed by atoms with Crippen LogP contribution in [0.2, 0.25) is 0 Å². The van der Waals surface area contributed by atoms with Crippen LogP contribution >= 0.6 is 0 Å². The predicted octanol–water partition coefficient (Wildman–Crippen LogP) is 3.59. The van der Waals surface area contributed by atoms with Crippen LogP contribution < -0.4 is 4.74 Å². The molecule has 30 heavy (non-hydrogen) atoms. The molecule has 0 aliphatic heterocycles. The second kappa shape index (κ2) is 7.84. The van der Waals surface area contributed by atoms with Gasteiger partial charge in [-0.25, -0.2) is 13.2 Å². The highest BCUT2D eigenvalue weighted by Gasteiger charge is 2.31. The maximum Gasteiger partial charge on any atom is 0.338 e. The molecular formula is C22H22N2O5S. The first-order valence-electron chi connectivity index (χ1n) is 9.14. The lowest BCUT2D eigenvalue weighted by Crippen LogP contribution is -2.23. The molecule has 3 rings (SSSR count). The van der Waals surface area contributed by atoms with Crippen LogP contribution in [-0.4, -0.2) is 39.3 Å². The summed E-state index contributed by atoms with van der Waals surface area (Å²) in [6.07, 6.45) is 0. The van der Waals surface area contributed by atoms with E-state index in [0.717, 1.165) is 11.1 Å². The van der Waals surface area contributed by atoms with Gasteiger partial charge in [-0.15, -0.1) is 0 Å². The number of aromatic nitrogens is 1. The number of H-pyrrole nitrogens is 1. The first-order valence-corrected chi connectivity index (χ1v) is 10.8. The normalized spacial score (nSPS) is 11.8. The van der Waals surface area contributed by atoms with Crippen LogP contribution in [0.25, 0.3) is 10.9 Å². The largest absolute Gasteiger partial charge is 0.497 e. The molecule has 0 amide bonds. The van der Waals surface area contributed by atoms with Crippen LogP contribution in [0.3, 0.4) is 0 Å². The first kappa shape index (κ1) is 21.4. The van der Waals surface area contributed by atoms with Gasteiger partial charge in [0.1, 0.15) is 11.5 Å². The summed E-state index contributed by atoms with van der Waals surface area (Å²) in [5.41, 5.74) is 1.88. The molecule has 8 heteroatoms. The lowest BCUT2D eigenvalue weighted by molar-refractivity contribution is 0.0598. The maximum atomic E-state index is 12.3. The molecule has 0 aliphatic carbocycles. The van der Waals surface area contributed by atoms with Crippen LogP contribution in [-0.2, 0) is 20.0 Å². The van der Waals surface area contributed by atoms with Crippen molar-refractivity contribution in [3.05, 3.63) is 59.3 Å². The average Bonchev–Trinajstić information content (AvgIpc) is 3.17. The molecule has 3 aromatic rings. The van der Waals surface area contributed by atoms with E-state index in [9.17, 15) is 13.2 Å². The molecular weight excluding hydrogens is 404 g/mol. The van der Waals surface area contributed by atoms with E-state index in [2.05, 4.69) is 4.98 Å². The Morgan fingerprint density at radius 2 is 1.87 bits per heavy atom. The lowest BCUT2D eigenvalue weighted by atomic mass is 9.79. The standard InChI is InChI=1S/C22H22N2O5S/c1-22(2,18-12-15(28-3)6-8-17(18)21(25)29-4)20-11-14-5-7-16(13-19(14)24-20)30(26,27)10-9-23/h5-8,11-13,24H,10H2,1-4H3. The minimum absolute atomic E-state index is 0.0828. The number of hydrogen-bond acceptors (Lipinski definition) is 6. The second-order valence-electron chi connectivity index (χ2n) is 7.38. The number of ether oxygens (including phenoxy) is 2. The van der Waals surface area contributed by atoms with E-state index < -0.39 is 27.0 Å². The Balaban J connectivity index is 2.15. The number of sulfone groups is 1. The van der Waals surface area contributed by atoms with Gasteiger partial charge in [0.05, 0.1) is 30.7 Å². The molecule has 1 N–H and O–H groups in total. The third-order valence-electron chi connectivity index (χ3n) is 5.19. The Labute approximate surface area is 175 Å². The van der Waals surface area contributed by atoms with E-state index in [0.29, 0.717) is 22.4 Å². The van der Waals surface area contributed by atoms with Crippen LogP contribution in [0.4, 0.5) is 0 Å². The van der Waals surface area contributed by atoms with Gasteiger partial charge in [-0.1, -0.05) is 19.9 Å². The molecule has 0 saturated heterocycles. The van der Waals surface area contributed by atoms with Gasteiger partial charge in [-0.05, 0) is 47.3 Å². The van der Waals surface area contributed by atoms with E-state index in [1.807, 2.05) is 19.9 Å². The Hall–Kier alpha value is -3.31. The fourth-order valence-corrected chi connectivity index (χ4v) is 4.31. The van der Waals surface area contributed by atoms with E-state index in [4.69, 9.17) is 14.7 Å². The third-order valence-corrected chi connectivity index (χ3v) is 6.67. The highest BCUT2D eigenvalue weighted by atomic mass is 32.2. The number of carbonyl (C=O) groups is 1. The molecule has 0 spiro atoms. The Kier molecular flexibility index (Phi) is 5.59. The van der Waals surface area contributed by atoms with Crippen molar-refractivity contribution >= 4 is 26.7 Å². The summed E-state index contributed by atoms with van der Waals surface area (Å²) in [4.78, 5) is 15.7. The zero-order valence-electron chi connectivity index (χ0n) is 17.1. The Morgan fingerprint density at radius 1 is 1.13 bits per heavy atom. The number of rotatable bonds is 6. The molecule has 7 nitrogen and oxygen atoms in total. The summed E-state index contributed by atoms with van der Waals surface area (Å²) in [5, 5.41) is 9.58. The van der Waals surface area contributed by atoms with E-state index in [1.165, 1.54) is 19.2 Å². The molecule has 0 atom stereocenters. The van der Waals surface area contributed by atoms with Crippen molar-refractivity contribution in [2.24, 2.45) is 0 Å². The molecule has 2 aromatic carbocycles. The smallest absolute Gasteiger partial charge is 0.338 e. The number of esters is 1. The summed E-state index contributed by atoms with van der Waals surface area (Å²) in [6, 6.07) is 13.5. The van der Waals surface area contributed by atoms with Crippen molar-refractivity contribution in [2.45, 2.75) is 24.2 Å². The summed E-state index contributed by atoms with van der Waals surface area (Å²) >= 11 is 0. The van der Waals surface area contributed by atoms with Crippen molar-refractivity contribution in [3.8, 4) is 11.8 Å². The van der Waals surface area contributed by atoms with Crippen molar-refractivity contribution in [2.75, 3.05) is 20.0 Å². The molecule has 1 aromatic heterocycles. The Morgan fingerprint density at radius 3 is 2.50 bits per heavy atom. The fraction of sp³-hybridized carbons (Fsp3) is 0.273. The number of aromatic amines is 1. The number of hydrogen-bond donors (Lipinski definition) is 1. The van der Waals surface area contributed by atoms with Crippen molar-refractivity contribution in [3.63, 3.8) is 0 Å². The summed E-state index contributed by atoms with van der Waals surface area (Å²) in [6.45, 7) is 3.90. The monoisotopic (exact) mass is 426 g/mol. The van der Waals surface area contributed by atoms with Gasteiger partial charge >= 0.3 is 5.97 Å². The zero-order valence-corrected chi connectivity index (χ0v) is 18.0. The van der Waals surface area contributed by atoms with Gasteiger partial charge in [-0.3, -0.25) is 0 Å². The molecule has 0 fully saturated rings. The van der Waals surface area contributed by atoms with Gasteiger partial charge in [0, 0.05) is 16.6 Å². The van der Waals surface area contributed by atoms with Crippen LogP contribution in [0.15, 0.2) is 47.4 Å². The molecule has 0 aliphatic rings. The van der Waals surface area contributed by atoms with E-state index in [1.54, 1.807) is 37.4 Å². The van der Waals surface area contributed by atoms with E-state index in [-0.39, 0.29) is 4.90 Å². The minimum Gasteiger partial charge on any atom is -0.497 e. The zero-order chi connectivity index (χ0) is 22.1. The quantitative estimate of drug-likeness (QED) is 0.603. The molecule has 0 unspecified atom stereocenters. The van der Waals surface area contributed by atoms with E-state index >= 15 is 0 Å². The van der Waals surface area contributed by atoms with Crippen molar-refractivity contribution in [1.82, 2.24) is 4.98 Å². The number of fused-ring (bicyclic) bond motifs is 1. The van der Waals surface area contributed by atoms with Crippen LogP contribution in [0.5, 0.6) is 5.75 Å². The van der Waals surface area contributed by atoms with Gasteiger partial charge in [0.25, 0.3) is 0 Å². The van der Waals surface area contributed by atoms with Crippen LogP contribution in [0.1, 0.15) is 35.5 Å². The van der Waals surface area contributed by atoms with Gasteiger partial charge in [0.2, 0.25) is 0 Å². The third kappa shape index (κ3) is 3.76. The first-order chi connectivity index (χ1) is 14.1. The maximum absolute atomic E-state index is 12.3. The lowest BCUT2D eigenvalue weighted by Gasteiger charge is -2.27. The van der Waals surface area contributed by atoms with Gasteiger partial charge in [0.15, 0.2) is 9.84 Å². The van der Waals surface area contributed by atoms with Crippen molar-refractivity contribution in [1.29, 1.82) is 5.26 Å². The average molecular weight is 426 g/mol. The van der Waals surface area contributed by atoms with Gasteiger partial charge < -0.3 is 14.5 Å². The second-order valence-corrected chi connectivity index (χ2v) is 9.37. The number of methoxy groups -OCH3 is 2. The van der Waals surface area contributed by atoms with Crippen LogP contribution in [0, 0.1) is 11.3 Å². The number of nitrogens with zero attached hydrogens (tertiary/aromatic N) is 1. The summed E-state index contributed by atoms with van der Waals surface area (Å²) in [5.74, 6) is -0.433. The molecule has 0 radical (unpaired) electrons. The Bertz CT molecular complexity index is 1270. The molecule has 156 valence electrons.